The zero-order valence-corrected chi connectivity index (χ0v) is 20.2. The van der Waals surface area contributed by atoms with Crippen molar-refractivity contribution in [1.82, 2.24) is 9.97 Å². The average Bonchev–Trinajstić information content (AvgIpc) is 2.89. The van der Waals surface area contributed by atoms with Crippen molar-refractivity contribution in [3.8, 4) is 17.6 Å². The quantitative estimate of drug-likeness (QED) is 0.310. The number of benzene rings is 2. The molecule has 0 saturated carbocycles. The van der Waals surface area contributed by atoms with Gasteiger partial charge in [-0.3, -0.25) is 19.6 Å². The highest BCUT2D eigenvalue weighted by molar-refractivity contribution is 6.39. The fourth-order valence-corrected chi connectivity index (χ4v) is 3.66. The lowest BCUT2D eigenvalue weighted by atomic mass is 10.1. The second kappa shape index (κ2) is 11.0. The van der Waals surface area contributed by atoms with E-state index >= 15 is 0 Å². The van der Waals surface area contributed by atoms with Gasteiger partial charge < -0.3 is 25.8 Å². The van der Waals surface area contributed by atoms with Crippen molar-refractivity contribution in [1.29, 1.82) is 5.26 Å². The first-order valence-electron chi connectivity index (χ1n) is 11.4. The van der Waals surface area contributed by atoms with Crippen LogP contribution in [-0.2, 0) is 16.2 Å². The highest BCUT2D eigenvalue weighted by Crippen LogP contribution is 2.36. The van der Waals surface area contributed by atoms with Gasteiger partial charge in [0.2, 0.25) is 0 Å². The first-order valence-corrected chi connectivity index (χ1v) is 11.4. The molecule has 37 heavy (non-hydrogen) atoms. The Hall–Kier alpha value is -5.17. The molecule has 2 amide bonds. The smallest absolute Gasteiger partial charge is 0.313 e. The van der Waals surface area contributed by atoms with Gasteiger partial charge in [-0.2, -0.15) is 5.26 Å². The molecule has 0 saturated heterocycles. The van der Waals surface area contributed by atoms with Crippen LogP contribution >= 0.6 is 0 Å². The number of aromatic nitrogens is 2. The number of carbonyl (C=O) groups is 2. The number of fused-ring (bicyclic) bond motifs is 1. The van der Waals surface area contributed by atoms with Gasteiger partial charge >= 0.3 is 11.8 Å². The van der Waals surface area contributed by atoms with Crippen LogP contribution in [0.2, 0.25) is 0 Å². The number of nitrogens with one attached hydrogen (secondary N) is 2. The molecule has 10 nitrogen and oxygen atoms in total. The molecule has 0 aliphatic carbocycles. The van der Waals surface area contributed by atoms with E-state index < -0.39 is 11.8 Å². The molecule has 0 spiro atoms. The number of amides is 2. The monoisotopic (exact) mass is 496 g/mol. The Kier molecular flexibility index (Phi) is 7.45. The van der Waals surface area contributed by atoms with Crippen molar-refractivity contribution in [2.45, 2.75) is 20.5 Å². The summed E-state index contributed by atoms with van der Waals surface area (Å²) in [4.78, 5) is 31.9. The zero-order chi connectivity index (χ0) is 26.4. The molecule has 4 N–H and O–H groups in total. The van der Waals surface area contributed by atoms with Crippen LogP contribution in [-0.4, -0.2) is 28.4 Å². The largest absolute Gasteiger partial charge is 0.492 e. The van der Waals surface area contributed by atoms with Crippen LogP contribution in [0.4, 0.5) is 17.1 Å². The Labute approximate surface area is 213 Å². The third kappa shape index (κ3) is 5.74. The summed E-state index contributed by atoms with van der Waals surface area (Å²) in [6.45, 7) is 4.36. The number of carbonyl (C=O) groups excluding carboxylic acids is 2. The second-order valence-corrected chi connectivity index (χ2v) is 7.99. The molecule has 10 heteroatoms. The fraction of sp³-hybridized carbons (Fsp3) is 0.148. The van der Waals surface area contributed by atoms with Crippen LogP contribution in [0.1, 0.15) is 23.7 Å². The standard InChI is InChI=1S/C27H24N6O4/c1-3-36-24-12-21-20(11-22(24)33-27(35)26(29)34)25(17(13-28)14-31-21)32-18-7-8-23(16(2)10-18)37-15-19-6-4-5-9-30-19/h4-12,14H,3,15H2,1-2H3,(H2,29,34)(H,31,32)(H,33,35). The molecule has 0 atom stereocenters. The molecule has 0 unspecified atom stereocenters. The van der Waals surface area contributed by atoms with Crippen molar-refractivity contribution >= 4 is 39.8 Å². The van der Waals surface area contributed by atoms with Crippen LogP contribution < -0.4 is 25.8 Å². The van der Waals surface area contributed by atoms with Crippen molar-refractivity contribution in [3.63, 3.8) is 0 Å². The van der Waals surface area contributed by atoms with Gasteiger partial charge in [0.15, 0.2) is 0 Å². The van der Waals surface area contributed by atoms with E-state index in [0.717, 1.165) is 11.3 Å². The fourth-order valence-electron chi connectivity index (χ4n) is 3.66. The van der Waals surface area contributed by atoms with Gasteiger partial charge in [-0.25, -0.2) is 0 Å². The van der Waals surface area contributed by atoms with Crippen LogP contribution in [0.25, 0.3) is 10.9 Å². The van der Waals surface area contributed by atoms with Gasteiger partial charge in [0, 0.05) is 29.5 Å². The summed E-state index contributed by atoms with van der Waals surface area (Å²) >= 11 is 0. The van der Waals surface area contributed by atoms with Gasteiger partial charge in [0.25, 0.3) is 0 Å². The Balaban J connectivity index is 1.68. The van der Waals surface area contributed by atoms with Crippen molar-refractivity contribution in [2.75, 3.05) is 17.2 Å². The number of nitrogens with zero attached hydrogens (tertiary/aromatic N) is 3. The predicted molar refractivity (Wildman–Crippen MR) is 138 cm³/mol. The summed E-state index contributed by atoms with van der Waals surface area (Å²) in [5.41, 5.74) is 9.03. The first kappa shape index (κ1) is 24.9. The number of hydrogen-bond acceptors (Lipinski definition) is 8. The molecule has 0 aliphatic rings. The Morgan fingerprint density at radius 2 is 1.92 bits per heavy atom. The number of hydrogen-bond donors (Lipinski definition) is 3. The van der Waals surface area contributed by atoms with E-state index in [1.165, 1.54) is 6.20 Å². The molecular weight excluding hydrogens is 472 g/mol. The summed E-state index contributed by atoms with van der Waals surface area (Å²) in [7, 11) is 0. The number of anilines is 3. The number of nitriles is 1. The summed E-state index contributed by atoms with van der Waals surface area (Å²) in [6.07, 6.45) is 3.17. The lowest BCUT2D eigenvalue weighted by molar-refractivity contribution is -0.134. The third-order valence-electron chi connectivity index (χ3n) is 5.41. The molecule has 0 aliphatic heterocycles. The van der Waals surface area contributed by atoms with E-state index in [9.17, 15) is 14.9 Å². The van der Waals surface area contributed by atoms with Crippen molar-refractivity contribution < 1.29 is 19.1 Å². The van der Waals surface area contributed by atoms with Gasteiger partial charge in [0.1, 0.15) is 24.2 Å². The van der Waals surface area contributed by atoms with E-state index in [1.54, 1.807) is 25.3 Å². The maximum absolute atomic E-state index is 12.0. The minimum Gasteiger partial charge on any atom is -0.492 e. The predicted octanol–water partition coefficient (Wildman–Crippen LogP) is 3.96. The number of nitrogens with two attached hydrogens (primary N) is 1. The van der Waals surface area contributed by atoms with E-state index in [4.69, 9.17) is 15.2 Å². The number of ether oxygens (including phenoxy) is 2. The van der Waals surface area contributed by atoms with E-state index in [0.29, 0.717) is 47.0 Å². The van der Waals surface area contributed by atoms with E-state index in [-0.39, 0.29) is 11.3 Å². The lowest BCUT2D eigenvalue weighted by Gasteiger charge is -2.16. The molecule has 0 radical (unpaired) electrons. The normalized spacial score (nSPS) is 10.4. The maximum Gasteiger partial charge on any atom is 0.313 e. The zero-order valence-electron chi connectivity index (χ0n) is 20.2. The lowest BCUT2D eigenvalue weighted by Crippen LogP contribution is -2.29. The van der Waals surface area contributed by atoms with Crippen LogP contribution in [0, 0.1) is 18.3 Å². The minimum absolute atomic E-state index is 0.229. The molecule has 186 valence electrons. The first-order chi connectivity index (χ1) is 17.9. The molecule has 4 rings (SSSR count). The Bertz CT molecular complexity index is 1520. The number of pyridine rings is 2. The van der Waals surface area contributed by atoms with Gasteiger partial charge in [-0.15, -0.1) is 0 Å². The molecule has 2 aromatic carbocycles. The molecular formula is C27H24N6O4. The second-order valence-electron chi connectivity index (χ2n) is 7.99. The van der Waals surface area contributed by atoms with Crippen LogP contribution in [0.3, 0.4) is 0 Å². The highest BCUT2D eigenvalue weighted by Gasteiger charge is 2.17. The Morgan fingerprint density at radius 1 is 1.08 bits per heavy atom. The number of aryl methyl sites for hydroxylation is 1. The maximum atomic E-state index is 12.0. The summed E-state index contributed by atoms with van der Waals surface area (Å²) in [5.74, 6) is -1.10. The summed E-state index contributed by atoms with van der Waals surface area (Å²) in [6, 6.07) is 16.6. The van der Waals surface area contributed by atoms with E-state index in [1.807, 2.05) is 43.3 Å². The Morgan fingerprint density at radius 3 is 2.59 bits per heavy atom. The molecule has 2 heterocycles. The van der Waals surface area contributed by atoms with Crippen LogP contribution in [0.5, 0.6) is 11.5 Å². The summed E-state index contributed by atoms with van der Waals surface area (Å²) < 4.78 is 11.5. The van der Waals surface area contributed by atoms with Crippen molar-refractivity contribution in [2.24, 2.45) is 5.73 Å². The molecule has 2 aromatic heterocycles. The minimum atomic E-state index is -1.13. The van der Waals surface area contributed by atoms with Crippen molar-refractivity contribution in [3.05, 3.63) is 77.7 Å². The summed E-state index contributed by atoms with van der Waals surface area (Å²) in [5, 5.41) is 16.0. The average molecular weight is 497 g/mol. The number of rotatable bonds is 8. The third-order valence-corrected chi connectivity index (χ3v) is 5.41. The highest BCUT2D eigenvalue weighted by atomic mass is 16.5. The van der Waals surface area contributed by atoms with Gasteiger partial charge in [-0.1, -0.05) is 6.07 Å². The number of primary amides is 1. The topological polar surface area (TPSA) is 152 Å². The van der Waals surface area contributed by atoms with E-state index in [2.05, 4.69) is 26.7 Å². The SMILES string of the molecule is CCOc1cc2ncc(C#N)c(Nc3ccc(OCc4ccccn4)c(C)c3)c2cc1NC(=O)C(N)=O. The molecule has 4 aromatic rings. The molecule has 0 bridgehead atoms. The van der Waals surface area contributed by atoms with Gasteiger partial charge in [0.05, 0.1) is 34.8 Å². The molecule has 0 fully saturated rings. The van der Waals surface area contributed by atoms with Crippen LogP contribution in [0.15, 0.2) is 60.9 Å². The van der Waals surface area contributed by atoms with Gasteiger partial charge in [-0.05, 0) is 55.8 Å².